The van der Waals surface area contributed by atoms with Gasteiger partial charge in [-0.3, -0.25) is 0 Å². The van der Waals surface area contributed by atoms with E-state index in [1.807, 2.05) is 0 Å². The van der Waals surface area contributed by atoms with E-state index in [1.165, 1.54) is 0 Å². The van der Waals surface area contributed by atoms with E-state index in [0.29, 0.717) is 6.54 Å². The van der Waals surface area contributed by atoms with Gasteiger partial charge in [0, 0.05) is 12.0 Å². The maximum atomic E-state index is 9.90. The second kappa shape index (κ2) is 2.46. The molecule has 66 valence electrons. The molecule has 2 nitrogen and oxygen atoms in total. The van der Waals surface area contributed by atoms with E-state index in [4.69, 9.17) is 5.73 Å². The van der Waals surface area contributed by atoms with E-state index in [1.54, 1.807) is 0 Å². The van der Waals surface area contributed by atoms with Crippen LogP contribution in [0.15, 0.2) is 0 Å². The zero-order valence-corrected chi connectivity index (χ0v) is 7.72. The second-order valence-electron chi connectivity index (χ2n) is 4.84. The van der Waals surface area contributed by atoms with Gasteiger partial charge in [-0.05, 0) is 18.3 Å². The number of hydrogen-bond acceptors (Lipinski definition) is 2. The van der Waals surface area contributed by atoms with Crippen molar-refractivity contribution in [2.45, 2.75) is 39.7 Å². The minimum absolute atomic E-state index is 0.0180. The van der Waals surface area contributed by atoms with Crippen LogP contribution in [0.1, 0.15) is 33.6 Å². The molecule has 2 heteroatoms. The molecule has 1 rings (SSSR count). The van der Waals surface area contributed by atoms with Crippen LogP contribution in [-0.2, 0) is 0 Å². The Morgan fingerprint density at radius 3 is 2.00 bits per heavy atom. The van der Waals surface area contributed by atoms with Crippen LogP contribution in [0.3, 0.4) is 0 Å². The van der Waals surface area contributed by atoms with Crippen LogP contribution in [0.4, 0.5) is 0 Å². The minimum atomic E-state index is -0.236. The van der Waals surface area contributed by atoms with Crippen molar-refractivity contribution in [3.05, 3.63) is 0 Å². The molecule has 0 aromatic heterocycles. The van der Waals surface area contributed by atoms with Crippen LogP contribution < -0.4 is 5.73 Å². The summed E-state index contributed by atoms with van der Waals surface area (Å²) < 4.78 is 0. The van der Waals surface area contributed by atoms with Gasteiger partial charge in [0.2, 0.25) is 0 Å². The van der Waals surface area contributed by atoms with E-state index in [9.17, 15) is 5.11 Å². The van der Waals surface area contributed by atoms with Crippen LogP contribution in [-0.4, -0.2) is 17.8 Å². The Hall–Kier alpha value is -0.0800. The summed E-state index contributed by atoms with van der Waals surface area (Å²) in [6.07, 6.45) is 1.96. The molecule has 1 aliphatic rings. The predicted octanol–water partition coefficient (Wildman–Crippen LogP) is 1.13. The summed E-state index contributed by atoms with van der Waals surface area (Å²) in [7, 11) is 0. The molecule has 11 heavy (non-hydrogen) atoms. The summed E-state index contributed by atoms with van der Waals surface area (Å²) in [4.78, 5) is 0. The van der Waals surface area contributed by atoms with E-state index < -0.39 is 0 Å². The Balaban J connectivity index is 2.61. The second-order valence-corrected chi connectivity index (χ2v) is 4.84. The van der Waals surface area contributed by atoms with Crippen molar-refractivity contribution < 1.29 is 5.11 Å². The Morgan fingerprint density at radius 2 is 1.91 bits per heavy atom. The van der Waals surface area contributed by atoms with E-state index in [-0.39, 0.29) is 16.9 Å². The number of hydrogen-bond donors (Lipinski definition) is 2. The SMILES string of the molecule is CC(C)(C)[C@H](O)C1(CN)CC1. The van der Waals surface area contributed by atoms with Gasteiger partial charge in [-0.1, -0.05) is 20.8 Å². The van der Waals surface area contributed by atoms with Gasteiger partial charge in [-0.15, -0.1) is 0 Å². The summed E-state index contributed by atoms with van der Waals surface area (Å²) in [5.41, 5.74) is 5.66. The van der Waals surface area contributed by atoms with Crippen molar-refractivity contribution in [2.75, 3.05) is 6.54 Å². The summed E-state index contributed by atoms with van der Waals surface area (Å²) in [6.45, 7) is 6.82. The Bertz CT molecular complexity index is 144. The van der Waals surface area contributed by atoms with Gasteiger partial charge in [-0.25, -0.2) is 0 Å². The Morgan fingerprint density at radius 1 is 1.45 bits per heavy atom. The van der Waals surface area contributed by atoms with E-state index >= 15 is 0 Å². The molecule has 0 unspecified atom stereocenters. The minimum Gasteiger partial charge on any atom is -0.392 e. The van der Waals surface area contributed by atoms with Gasteiger partial charge in [0.05, 0.1) is 6.10 Å². The third-order valence-corrected chi connectivity index (χ3v) is 2.70. The van der Waals surface area contributed by atoms with Crippen LogP contribution in [0.2, 0.25) is 0 Å². The zero-order chi connectivity index (χ0) is 8.70. The van der Waals surface area contributed by atoms with Crippen LogP contribution in [0, 0.1) is 10.8 Å². The fourth-order valence-electron chi connectivity index (χ4n) is 1.67. The summed E-state index contributed by atoms with van der Waals surface area (Å²) in [5.74, 6) is 0. The molecule has 0 amide bonds. The molecule has 3 N–H and O–H groups in total. The normalized spacial score (nSPS) is 24.8. The number of rotatable bonds is 2. The van der Waals surface area contributed by atoms with Crippen molar-refractivity contribution in [3.63, 3.8) is 0 Å². The third-order valence-electron chi connectivity index (χ3n) is 2.70. The first-order valence-electron chi connectivity index (χ1n) is 4.30. The van der Waals surface area contributed by atoms with Gasteiger partial charge in [0.25, 0.3) is 0 Å². The highest BCUT2D eigenvalue weighted by atomic mass is 16.3. The molecule has 0 bridgehead atoms. The summed E-state index contributed by atoms with van der Waals surface area (Å²) in [5, 5.41) is 9.90. The van der Waals surface area contributed by atoms with Gasteiger partial charge < -0.3 is 10.8 Å². The Kier molecular flexibility index (Phi) is 2.01. The monoisotopic (exact) mass is 157 g/mol. The summed E-state index contributed by atoms with van der Waals surface area (Å²) >= 11 is 0. The van der Waals surface area contributed by atoms with Gasteiger partial charge in [-0.2, -0.15) is 0 Å². The molecule has 1 fully saturated rings. The lowest BCUT2D eigenvalue weighted by molar-refractivity contribution is 0.00274. The summed E-state index contributed by atoms with van der Waals surface area (Å²) in [6, 6.07) is 0. The zero-order valence-electron chi connectivity index (χ0n) is 7.72. The first kappa shape index (κ1) is 9.01. The van der Waals surface area contributed by atoms with Gasteiger partial charge in [0.15, 0.2) is 0 Å². The highest BCUT2D eigenvalue weighted by Gasteiger charge is 2.51. The lowest BCUT2D eigenvalue weighted by atomic mass is 9.79. The molecule has 0 spiro atoms. The van der Waals surface area contributed by atoms with Crippen LogP contribution in [0.5, 0.6) is 0 Å². The first-order chi connectivity index (χ1) is 4.92. The lowest BCUT2D eigenvalue weighted by Crippen LogP contribution is -2.39. The van der Waals surface area contributed by atoms with Crippen molar-refractivity contribution in [1.82, 2.24) is 0 Å². The van der Waals surface area contributed by atoms with Crippen molar-refractivity contribution in [1.29, 1.82) is 0 Å². The molecule has 1 aliphatic carbocycles. The fraction of sp³-hybridized carbons (Fsp3) is 1.00. The number of aliphatic hydroxyl groups is 1. The van der Waals surface area contributed by atoms with Crippen LogP contribution >= 0.6 is 0 Å². The highest BCUT2D eigenvalue weighted by molar-refractivity contribution is 5.03. The van der Waals surface area contributed by atoms with Gasteiger partial charge >= 0.3 is 0 Å². The smallest absolute Gasteiger partial charge is 0.0656 e. The molecular weight excluding hydrogens is 138 g/mol. The molecule has 1 saturated carbocycles. The van der Waals surface area contributed by atoms with Crippen LogP contribution in [0.25, 0.3) is 0 Å². The van der Waals surface area contributed by atoms with Crippen molar-refractivity contribution in [3.8, 4) is 0 Å². The predicted molar refractivity (Wildman–Crippen MR) is 46.2 cm³/mol. The molecule has 0 saturated heterocycles. The average Bonchev–Trinajstić information content (AvgIpc) is 2.64. The number of nitrogens with two attached hydrogens (primary N) is 1. The topological polar surface area (TPSA) is 46.2 Å². The maximum absolute atomic E-state index is 9.90. The number of aliphatic hydroxyl groups excluding tert-OH is 1. The van der Waals surface area contributed by atoms with Crippen molar-refractivity contribution >= 4 is 0 Å². The molecule has 0 aromatic carbocycles. The maximum Gasteiger partial charge on any atom is 0.0656 e. The largest absolute Gasteiger partial charge is 0.392 e. The van der Waals surface area contributed by atoms with Gasteiger partial charge in [0.1, 0.15) is 0 Å². The molecule has 0 radical (unpaired) electrons. The molecule has 0 aliphatic heterocycles. The Labute approximate surface area is 68.8 Å². The lowest BCUT2D eigenvalue weighted by Gasteiger charge is -2.32. The fourth-order valence-corrected chi connectivity index (χ4v) is 1.67. The molecule has 0 aromatic rings. The third kappa shape index (κ3) is 1.57. The molecular formula is C9H19NO. The highest BCUT2D eigenvalue weighted by Crippen LogP contribution is 2.52. The van der Waals surface area contributed by atoms with Crippen molar-refractivity contribution in [2.24, 2.45) is 16.6 Å². The quantitative estimate of drug-likeness (QED) is 0.631. The van der Waals surface area contributed by atoms with E-state index in [2.05, 4.69) is 20.8 Å². The average molecular weight is 157 g/mol. The molecule has 1 atom stereocenters. The molecule has 0 heterocycles. The first-order valence-corrected chi connectivity index (χ1v) is 4.30. The standard InChI is InChI=1S/C9H19NO/c1-8(2,3)7(11)9(6-10)4-5-9/h7,11H,4-6,10H2,1-3H3/t7-/m0/s1. The van der Waals surface area contributed by atoms with E-state index in [0.717, 1.165) is 12.8 Å².